The van der Waals surface area contributed by atoms with Crippen LogP contribution in [0.4, 0.5) is 0 Å². The van der Waals surface area contributed by atoms with E-state index in [0.29, 0.717) is 28.6 Å². The summed E-state index contributed by atoms with van der Waals surface area (Å²) >= 11 is 0. The number of nitrogens with zero attached hydrogens (tertiary/aromatic N) is 7. The van der Waals surface area contributed by atoms with Crippen LogP contribution in [-0.2, 0) is 0 Å². The van der Waals surface area contributed by atoms with E-state index < -0.39 is 0 Å². The molecule has 0 saturated heterocycles. The number of benzene rings is 9. The van der Waals surface area contributed by atoms with Gasteiger partial charge >= 0.3 is 0 Å². The number of para-hydroxylation sites is 3. The fourth-order valence-electron chi connectivity index (χ4n) is 9.38. The first-order chi connectivity index (χ1) is 32.6. The van der Waals surface area contributed by atoms with E-state index in [9.17, 15) is 10.5 Å². The van der Waals surface area contributed by atoms with Crippen molar-refractivity contribution in [2.75, 3.05) is 0 Å². The maximum Gasteiger partial charge on any atom is 0.166 e. The molecule has 0 amide bonds. The molecule has 0 spiro atoms. The number of hydrogen-bond donors (Lipinski definition) is 0. The largest absolute Gasteiger partial charge is 0.309 e. The molecule has 3 aromatic heterocycles. The Balaban J connectivity index is 1.14. The molecule has 12 aromatic rings. The summed E-state index contributed by atoms with van der Waals surface area (Å²) in [7, 11) is 0. The molecule has 0 aliphatic carbocycles. The minimum absolute atomic E-state index is 0.442. The average molecular weight is 842 g/mol. The third-order valence-electron chi connectivity index (χ3n) is 12.5. The zero-order valence-corrected chi connectivity index (χ0v) is 35.3. The molecule has 0 radical (unpaired) electrons. The second-order valence-electron chi connectivity index (χ2n) is 16.3. The Morgan fingerprint density at radius 2 is 0.879 bits per heavy atom. The van der Waals surface area contributed by atoms with Crippen LogP contribution in [0.15, 0.2) is 212 Å². The Bertz CT molecular complexity index is 3890. The normalized spacial score (nSPS) is 11.3. The lowest BCUT2D eigenvalue weighted by atomic mass is 9.97. The van der Waals surface area contributed by atoms with Gasteiger partial charge in [-0.1, -0.05) is 146 Å². The van der Waals surface area contributed by atoms with Crippen LogP contribution in [-0.4, -0.2) is 24.1 Å². The van der Waals surface area contributed by atoms with Crippen molar-refractivity contribution in [3.63, 3.8) is 0 Å². The van der Waals surface area contributed by atoms with Gasteiger partial charge in [-0.2, -0.15) is 10.5 Å². The molecule has 7 nitrogen and oxygen atoms in total. The first-order valence-electron chi connectivity index (χ1n) is 21.7. The highest BCUT2D eigenvalue weighted by Gasteiger charge is 2.22. The van der Waals surface area contributed by atoms with E-state index in [2.05, 4.69) is 149 Å². The first kappa shape index (κ1) is 38.3. The van der Waals surface area contributed by atoms with Crippen LogP contribution >= 0.6 is 0 Å². The maximum atomic E-state index is 10.2. The fourth-order valence-corrected chi connectivity index (χ4v) is 9.38. The van der Waals surface area contributed by atoms with Gasteiger partial charge in [-0.15, -0.1) is 0 Å². The summed E-state index contributed by atoms with van der Waals surface area (Å²) < 4.78 is 4.62. The monoisotopic (exact) mass is 841 g/mol. The summed E-state index contributed by atoms with van der Waals surface area (Å²) in [5.41, 5.74) is 13.4. The van der Waals surface area contributed by atoms with Crippen LogP contribution in [0.1, 0.15) is 11.1 Å². The van der Waals surface area contributed by atoms with Gasteiger partial charge in [-0.25, -0.2) is 15.0 Å². The van der Waals surface area contributed by atoms with Gasteiger partial charge < -0.3 is 9.13 Å². The molecule has 0 saturated carbocycles. The number of aromatic nitrogens is 5. The number of nitriles is 2. The quantitative estimate of drug-likeness (QED) is 0.159. The Hall–Kier alpha value is -9.43. The third kappa shape index (κ3) is 6.39. The highest BCUT2D eigenvalue weighted by Crippen LogP contribution is 2.41. The lowest BCUT2D eigenvalue weighted by Gasteiger charge is -2.17. The topological polar surface area (TPSA) is 96.1 Å². The summed E-state index contributed by atoms with van der Waals surface area (Å²) in [6.07, 6.45) is 0. The van der Waals surface area contributed by atoms with Gasteiger partial charge in [0, 0.05) is 43.9 Å². The summed E-state index contributed by atoms with van der Waals surface area (Å²) in [6.45, 7) is 0. The van der Waals surface area contributed by atoms with Gasteiger partial charge in [0.1, 0.15) is 0 Å². The van der Waals surface area contributed by atoms with E-state index in [4.69, 9.17) is 15.0 Å². The summed E-state index contributed by atoms with van der Waals surface area (Å²) in [6, 6.07) is 77.0. The molecule has 0 unspecified atom stereocenters. The Kier molecular flexibility index (Phi) is 9.12. The van der Waals surface area contributed by atoms with Crippen molar-refractivity contribution in [3.05, 3.63) is 223 Å². The summed E-state index contributed by atoms with van der Waals surface area (Å²) in [5, 5.41) is 24.3. The van der Waals surface area contributed by atoms with Gasteiger partial charge in [0.05, 0.1) is 51.0 Å². The SMILES string of the molecule is N#Cc1ccc(-c2ccc3c4ccccc4n(-c4ccc(-c5ccc6c(c5)c5ccccc5n6-c5ccccc5)cc4-c4nc(-c5ccccc5)nc(-c5ccccc5)n4)c3c2)c(C#N)c1. The van der Waals surface area contributed by atoms with Crippen LogP contribution in [0, 0.1) is 22.7 Å². The van der Waals surface area contributed by atoms with E-state index >= 15 is 0 Å². The van der Waals surface area contributed by atoms with Crippen molar-refractivity contribution in [3.8, 4) is 79.9 Å². The van der Waals surface area contributed by atoms with Crippen molar-refractivity contribution >= 4 is 43.6 Å². The Labute approximate surface area is 380 Å². The zero-order chi connectivity index (χ0) is 44.1. The number of rotatable bonds is 7. The van der Waals surface area contributed by atoms with Crippen molar-refractivity contribution in [1.29, 1.82) is 10.5 Å². The van der Waals surface area contributed by atoms with Gasteiger partial charge in [-0.05, 0) is 89.0 Å². The lowest BCUT2D eigenvalue weighted by molar-refractivity contribution is 1.06. The van der Waals surface area contributed by atoms with Crippen molar-refractivity contribution in [2.45, 2.75) is 0 Å². The van der Waals surface area contributed by atoms with E-state index in [-0.39, 0.29) is 0 Å². The third-order valence-corrected chi connectivity index (χ3v) is 12.5. The molecule has 7 heteroatoms. The molecule has 0 aliphatic heterocycles. The molecular formula is C59H35N7. The molecule has 0 aliphatic rings. The molecule has 0 atom stereocenters. The second kappa shape index (κ2) is 15.7. The van der Waals surface area contributed by atoms with Crippen LogP contribution in [0.25, 0.3) is 111 Å². The van der Waals surface area contributed by atoms with Crippen LogP contribution in [0.5, 0.6) is 0 Å². The van der Waals surface area contributed by atoms with E-state index in [1.807, 2.05) is 72.8 Å². The van der Waals surface area contributed by atoms with Gasteiger partial charge in [0.15, 0.2) is 17.5 Å². The lowest BCUT2D eigenvalue weighted by Crippen LogP contribution is -2.04. The summed E-state index contributed by atoms with van der Waals surface area (Å²) in [4.78, 5) is 15.6. The van der Waals surface area contributed by atoms with Crippen molar-refractivity contribution < 1.29 is 0 Å². The molecule has 0 fully saturated rings. The van der Waals surface area contributed by atoms with E-state index in [0.717, 1.165) is 88.5 Å². The molecule has 12 rings (SSSR count). The van der Waals surface area contributed by atoms with Crippen molar-refractivity contribution in [2.24, 2.45) is 0 Å². The van der Waals surface area contributed by atoms with Crippen LogP contribution in [0.3, 0.4) is 0 Å². The maximum absolute atomic E-state index is 10.2. The van der Waals surface area contributed by atoms with Gasteiger partial charge in [0.25, 0.3) is 0 Å². The fraction of sp³-hybridized carbons (Fsp3) is 0. The predicted molar refractivity (Wildman–Crippen MR) is 265 cm³/mol. The molecule has 9 aromatic carbocycles. The van der Waals surface area contributed by atoms with E-state index in [1.54, 1.807) is 12.1 Å². The minimum Gasteiger partial charge on any atom is -0.309 e. The average Bonchev–Trinajstić information content (AvgIpc) is 3.91. The molecule has 66 heavy (non-hydrogen) atoms. The Morgan fingerprint density at radius 1 is 0.333 bits per heavy atom. The molecule has 3 heterocycles. The predicted octanol–water partition coefficient (Wildman–Crippen LogP) is 14.1. The van der Waals surface area contributed by atoms with Gasteiger partial charge in [-0.3, -0.25) is 0 Å². The smallest absolute Gasteiger partial charge is 0.166 e. The zero-order valence-electron chi connectivity index (χ0n) is 35.3. The van der Waals surface area contributed by atoms with Crippen LogP contribution < -0.4 is 0 Å². The number of hydrogen-bond acceptors (Lipinski definition) is 5. The van der Waals surface area contributed by atoms with Crippen molar-refractivity contribution in [1.82, 2.24) is 24.1 Å². The first-order valence-corrected chi connectivity index (χ1v) is 21.7. The number of fused-ring (bicyclic) bond motifs is 6. The van der Waals surface area contributed by atoms with Gasteiger partial charge in [0.2, 0.25) is 0 Å². The second-order valence-corrected chi connectivity index (χ2v) is 16.3. The molecule has 0 N–H and O–H groups in total. The molecule has 0 bridgehead atoms. The minimum atomic E-state index is 0.442. The Morgan fingerprint density at radius 3 is 1.56 bits per heavy atom. The van der Waals surface area contributed by atoms with E-state index in [1.165, 1.54) is 5.39 Å². The highest BCUT2D eigenvalue weighted by atomic mass is 15.1. The molecule has 306 valence electrons. The summed E-state index contributed by atoms with van der Waals surface area (Å²) in [5.74, 6) is 1.67. The van der Waals surface area contributed by atoms with Crippen LogP contribution in [0.2, 0.25) is 0 Å². The standard InChI is InChI=1S/C59H35N7/c60-36-38-24-28-46(44(32-38)37-61)43-25-29-49-47-20-10-13-23-53(47)66(56(49)35-43)55-31-27-42(41-26-30-54-50(33-41)48-21-11-12-22-52(48)65(54)45-18-8-3-9-19-45)34-51(55)59-63-57(39-14-4-1-5-15-39)62-58(64-59)40-16-6-2-7-17-40/h1-35H. The molecular weight excluding hydrogens is 807 g/mol. The highest BCUT2D eigenvalue weighted by molar-refractivity contribution is 6.12.